The molecule has 0 unspecified atom stereocenters. The lowest BCUT2D eigenvalue weighted by Gasteiger charge is -2.04. The maximum Gasteiger partial charge on any atom is 0.230 e. The zero-order valence-electron chi connectivity index (χ0n) is 14.0. The topological polar surface area (TPSA) is 46.9 Å². The number of hydrogen-bond donors (Lipinski definition) is 1. The van der Waals surface area contributed by atoms with Crippen molar-refractivity contribution < 1.29 is 9.18 Å². The van der Waals surface area contributed by atoms with Gasteiger partial charge in [-0.3, -0.25) is 4.79 Å². The van der Waals surface area contributed by atoms with E-state index in [1.807, 2.05) is 12.1 Å². The molecule has 0 radical (unpaired) electrons. The molecule has 0 spiro atoms. The quantitative estimate of drug-likeness (QED) is 0.420. The summed E-state index contributed by atoms with van der Waals surface area (Å²) < 4.78 is 15.9. The van der Waals surface area contributed by atoms with Gasteiger partial charge < -0.3 is 5.32 Å². The third kappa shape index (κ3) is 5.87. The Kier molecular flexibility index (Phi) is 7.01. The molecular weight excluding hydrogens is 425 g/mol. The van der Waals surface area contributed by atoms with Gasteiger partial charge in [0.25, 0.3) is 0 Å². The second-order valence-corrected chi connectivity index (χ2v) is 8.82. The van der Waals surface area contributed by atoms with E-state index >= 15 is 0 Å². The summed E-state index contributed by atoms with van der Waals surface area (Å²) in [5.74, 6) is -0.0902. The third-order valence-electron chi connectivity index (χ3n) is 3.58. The molecular formula is C18H15ClFN3OS3. The standard InChI is InChI=1S/C18H15ClFN3OS3/c19-13-3-7-15(8-4-13)23-18(25)27-17(22-23)26-11-16(24)21-10-9-12-1-5-14(20)6-2-12/h1-8H,9-11H2,(H,21,24). The molecule has 0 aliphatic carbocycles. The van der Waals surface area contributed by atoms with Crippen LogP contribution in [0.2, 0.25) is 5.02 Å². The minimum absolute atomic E-state index is 0.0822. The molecule has 140 valence electrons. The molecule has 1 amide bonds. The van der Waals surface area contributed by atoms with E-state index < -0.39 is 0 Å². The molecule has 0 bridgehead atoms. The Morgan fingerprint density at radius 3 is 2.63 bits per heavy atom. The van der Waals surface area contributed by atoms with Crippen molar-refractivity contribution >= 4 is 52.8 Å². The van der Waals surface area contributed by atoms with E-state index in [4.69, 9.17) is 23.8 Å². The van der Waals surface area contributed by atoms with Gasteiger partial charge in [-0.25, -0.2) is 9.07 Å². The number of nitrogens with one attached hydrogen (secondary N) is 1. The summed E-state index contributed by atoms with van der Waals surface area (Å²) in [6.45, 7) is 0.500. The molecule has 1 heterocycles. The second kappa shape index (κ2) is 9.45. The van der Waals surface area contributed by atoms with Crippen LogP contribution in [0.4, 0.5) is 4.39 Å². The van der Waals surface area contributed by atoms with Crippen LogP contribution >= 0.6 is 46.9 Å². The van der Waals surface area contributed by atoms with Crippen molar-refractivity contribution in [3.63, 3.8) is 0 Å². The van der Waals surface area contributed by atoms with Crippen molar-refractivity contribution in [1.29, 1.82) is 0 Å². The van der Waals surface area contributed by atoms with Crippen LogP contribution in [0.15, 0.2) is 52.9 Å². The Bertz CT molecular complexity index is 971. The number of halogens is 2. The highest BCUT2D eigenvalue weighted by Crippen LogP contribution is 2.24. The summed E-state index contributed by atoms with van der Waals surface area (Å²) in [6.07, 6.45) is 0.654. The molecule has 0 saturated heterocycles. The molecule has 0 atom stereocenters. The van der Waals surface area contributed by atoms with E-state index in [0.717, 1.165) is 15.6 Å². The predicted molar refractivity (Wildman–Crippen MR) is 111 cm³/mol. The number of carbonyl (C=O) groups is 1. The highest BCUT2D eigenvalue weighted by Gasteiger charge is 2.09. The van der Waals surface area contributed by atoms with Crippen molar-refractivity contribution in [3.8, 4) is 5.69 Å². The maximum absolute atomic E-state index is 12.9. The minimum Gasteiger partial charge on any atom is -0.355 e. The summed E-state index contributed by atoms with van der Waals surface area (Å²) in [5.41, 5.74) is 1.81. The summed E-state index contributed by atoms with van der Waals surface area (Å²) in [4.78, 5) is 12.0. The molecule has 0 fully saturated rings. The summed E-state index contributed by atoms with van der Waals surface area (Å²) in [6, 6.07) is 13.5. The number of rotatable bonds is 7. The first kappa shape index (κ1) is 20.0. The van der Waals surface area contributed by atoms with Gasteiger partial charge in [-0.2, -0.15) is 0 Å². The first-order chi connectivity index (χ1) is 13.0. The number of benzene rings is 2. The van der Waals surface area contributed by atoms with Crippen LogP contribution in [0.3, 0.4) is 0 Å². The smallest absolute Gasteiger partial charge is 0.230 e. The van der Waals surface area contributed by atoms with Gasteiger partial charge in [0, 0.05) is 11.6 Å². The minimum atomic E-state index is -0.264. The lowest BCUT2D eigenvalue weighted by atomic mass is 10.1. The van der Waals surface area contributed by atoms with Gasteiger partial charge in [0.15, 0.2) is 8.29 Å². The van der Waals surface area contributed by atoms with Crippen molar-refractivity contribution in [3.05, 3.63) is 68.9 Å². The van der Waals surface area contributed by atoms with Gasteiger partial charge in [-0.1, -0.05) is 46.8 Å². The largest absolute Gasteiger partial charge is 0.355 e. The fourth-order valence-corrected chi connectivity index (χ4v) is 4.56. The van der Waals surface area contributed by atoms with Gasteiger partial charge >= 0.3 is 0 Å². The van der Waals surface area contributed by atoms with E-state index in [9.17, 15) is 9.18 Å². The van der Waals surface area contributed by atoms with Crippen LogP contribution in [0.25, 0.3) is 5.69 Å². The van der Waals surface area contributed by atoms with Gasteiger partial charge in [0.2, 0.25) is 5.91 Å². The molecule has 0 saturated carbocycles. The molecule has 1 N–H and O–H groups in total. The summed E-state index contributed by atoms with van der Waals surface area (Å²) >= 11 is 13.9. The van der Waals surface area contributed by atoms with Gasteiger partial charge in [0.05, 0.1) is 11.4 Å². The van der Waals surface area contributed by atoms with Crippen molar-refractivity contribution in [2.75, 3.05) is 12.3 Å². The number of amides is 1. The highest BCUT2D eigenvalue weighted by atomic mass is 35.5. The second-order valence-electron chi connectivity index (χ2n) is 5.54. The number of aromatic nitrogens is 2. The Balaban J connectivity index is 1.49. The Morgan fingerprint density at radius 1 is 1.22 bits per heavy atom. The number of nitrogens with zero attached hydrogens (tertiary/aromatic N) is 2. The van der Waals surface area contributed by atoms with Crippen molar-refractivity contribution in [2.45, 2.75) is 10.8 Å². The number of hydrogen-bond acceptors (Lipinski definition) is 5. The summed E-state index contributed by atoms with van der Waals surface area (Å²) in [7, 11) is 0. The normalized spacial score (nSPS) is 10.7. The fourth-order valence-electron chi connectivity index (χ4n) is 2.24. The zero-order valence-corrected chi connectivity index (χ0v) is 17.2. The first-order valence-corrected chi connectivity index (χ1v) is 10.6. The molecule has 1 aromatic heterocycles. The average molecular weight is 440 g/mol. The van der Waals surface area contributed by atoms with Gasteiger partial charge in [-0.05, 0) is 60.6 Å². The average Bonchev–Trinajstić information content (AvgIpc) is 3.03. The molecule has 9 heteroatoms. The Labute approximate surface area is 174 Å². The van der Waals surface area contributed by atoms with Crippen LogP contribution in [-0.4, -0.2) is 28.0 Å². The van der Waals surface area contributed by atoms with Crippen molar-refractivity contribution in [2.24, 2.45) is 0 Å². The Hall–Kier alpha value is -1.74. The fraction of sp³-hybridized carbons (Fsp3) is 0.167. The number of thioether (sulfide) groups is 1. The molecule has 3 rings (SSSR count). The first-order valence-electron chi connectivity index (χ1n) is 8.01. The zero-order chi connectivity index (χ0) is 19.2. The van der Waals surface area contributed by atoms with Crippen LogP contribution < -0.4 is 5.32 Å². The molecule has 27 heavy (non-hydrogen) atoms. The lowest BCUT2D eigenvalue weighted by Crippen LogP contribution is -2.27. The van der Waals surface area contributed by atoms with Gasteiger partial charge in [-0.15, -0.1) is 5.10 Å². The molecule has 0 aliphatic heterocycles. The maximum atomic E-state index is 12.9. The number of carbonyl (C=O) groups excluding carboxylic acids is 1. The third-order valence-corrected chi connectivity index (χ3v) is 6.19. The predicted octanol–water partition coefficient (Wildman–Crippen LogP) is 4.91. The molecule has 4 nitrogen and oxygen atoms in total. The molecule has 2 aromatic carbocycles. The Morgan fingerprint density at radius 2 is 1.93 bits per heavy atom. The monoisotopic (exact) mass is 439 g/mol. The van der Waals surface area contributed by atoms with Gasteiger partial charge in [0.1, 0.15) is 5.82 Å². The lowest BCUT2D eigenvalue weighted by molar-refractivity contribution is -0.118. The van der Waals surface area contributed by atoms with Crippen LogP contribution in [0.5, 0.6) is 0 Å². The van der Waals surface area contributed by atoms with E-state index in [2.05, 4.69) is 10.4 Å². The molecule has 3 aromatic rings. The van der Waals surface area contributed by atoms with Crippen molar-refractivity contribution in [1.82, 2.24) is 15.1 Å². The van der Waals surface area contributed by atoms with Crippen LogP contribution in [0.1, 0.15) is 5.56 Å². The molecule has 0 aliphatic rings. The highest BCUT2D eigenvalue weighted by molar-refractivity contribution is 8.01. The van der Waals surface area contributed by atoms with E-state index in [1.165, 1.54) is 35.2 Å². The summed E-state index contributed by atoms with van der Waals surface area (Å²) in [5, 5.41) is 7.95. The van der Waals surface area contributed by atoms with Crippen LogP contribution in [0, 0.1) is 9.77 Å². The van der Waals surface area contributed by atoms with E-state index in [0.29, 0.717) is 21.9 Å². The SMILES string of the molecule is O=C(CSc1nn(-c2ccc(Cl)cc2)c(=S)s1)NCCc1ccc(F)cc1. The van der Waals surface area contributed by atoms with Crippen LogP contribution in [-0.2, 0) is 11.2 Å². The van der Waals surface area contributed by atoms with E-state index in [-0.39, 0.29) is 17.5 Å². The van der Waals surface area contributed by atoms with E-state index in [1.54, 1.807) is 28.9 Å².